The molecule has 1 atom stereocenters. The summed E-state index contributed by atoms with van der Waals surface area (Å²) in [4.78, 5) is 26.0. The maximum absolute atomic E-state index is 12.0. The van der Waals surface area contributed by atoms with Gasteiger partial charge in [0.05, 0.1) is 5.69 Å². The SMILES string of the molecule is CNc1cc(-c2c[nH]c3ncc(-c4nccs4)cc23)ccc1OC1CCN(C(=O)C(C)O)CC1. The van der Waals surface area contributed by atoms with Crippen LogP contribution >= 0.6 is 11.3 Å². The summed E-state index contributed by atoms with van der Waals surface area (Å²) in [7, 11) is 1.88. The number of ether oxygens (including phenoxy) is 1. The summed E-state index contributed by atoms with van der Waals surface area (Å²) in [5.41, 5.74) is 4.85. The Labute approximate surface area is 201 Å². The number of nitrogens with one attached hydrogen (secondary N) is 2. The van der Waals surface area contributed by atoms with Gasteiger partial charge in [-0.25, -0.2) is 9.97 Å². The Morgan fingerprint density at radius 2 is 2.09 bits per heavy atom. The van der Waals surface area contributed by atoms with Gasteiger partial charge in [-0.2, -0.15) is 0 Å². The maximum Gasteiger partial charge on any atom is 0.251 e. The second-order valence-electron chi connectivity index (χ2n) is 8.44. The van der Waals surface area contributed by atoms with Crippen molar-refractivity contribution in [3.05, 3.63) is 48.2 Å². The molecule has 0 bridgehead atoms. The van der Waals surface area contributed by atoms with Gasteiger partial charge >= 0.3 is 0 Å². The van der Waals surface area contributed by atoms with Crippen LogP contribution in [0.1, 0.15) is 19.8 Å². The number of amides is 1. The monoisotopic (exact) mass is 477 g/mol. The Hall–Kier alpha value is -3.43. The minimum absolute atomic E-state index is 0.0224. The van der Waals surface area contributed by atoms with E-state index in [1.807, 2.05) is 30.9 Å². The van der Waals surface area contributed by atoms with Gasteiger partial charge in [-0.05, 0) is 30.7 Å². The molecular weight excluding hydrogens is 450 g/mol. The van der Waals surface area contributed by atoms with E-state index in [-0.39, 0.29) is 12.0 Å². The van der Waals surface area contributed by atoms with Gasteiger partial charge in [0.2, 0.25) is 0 Å². The topological polar surface area (TPSA) is 103 Å². The number of carbonyl (C=O) groups is 1. The Morgan fingerprint density at radius 3 is 2.79 bits per heavy atom. The number of aromatic nitrogens is 3. The van der Waals surface area contributed by atoms with Crippen LogP contribution in [0.4, 0.5) is 5.69 Å². The minimum Gasteiger partial charge on any atom is -0.488 e. The van der Waals surface area contributed by atoms with Crippen molar-refractivity contribution in [2.75, 3.05) is 25.5 Å². The zero-order valence-electron chi connectivity index (χ0n) is 19.1. The van der Waals surface area contributed by atoms with Crippen LogP contribution < -0.4 is 10.1 Å². The molecule has 1 fully saturated rings. The van der Waals surface area contributed by atoms with Gasteiger partial charge in [0.25, 0.3) is 5.91 Å². The lowest BCUT2D eigenvalue weighted by Crippen LogP contribution is -2.45. The van der Waals surface area contributed by atoms with E-state index in [0.29, 0.717) is 13.1 Å². The van der Waals surface area contributed by atoms with Gasteiger partial charge in [-0.1, -0.05) is 6.07 Å². The first-order valence-electron chi connectivity index (χ1n) is 11.4. The Bertz CT molecular complexity index is 1290. The summed E-state index contributed by atoms with van der Waals surface area (Å²) in [6.45, 7) is 2.69. The normalized spacial score (nSPS) is 15.4. The lowest BCUT2D eigenvalue weighted by atomic mass is 10.0. The van der Waals surface area contributed by atoms with Crippen molar-refractivity contribution in [1.82, 2.24) is 19.9 Å². The number of benzene rings is 1. The first kappa shape index (κ1) is 22.4. The Balaban J connectivity index is 1.36. The zero-order valence-corrected chi connectivity index (χ0v) is 19.9. The summed E-state index contributed by atoms with van der Waals surface area (Å²) in [6, 6.07) is 8.26. The van der Waals surface area contributed by atoms with E-state index in [2.05, 4.69) is 38.5 Å². The number of fused-ring (bicyclic) bond motifs is 1. The maximum atomic E-state index is 12.0. The molecule has 34 heavy (non-hydrogen) atoms. The first-order valence-corrected chi connectivity index (χ1v) is 12.2. The molecule has 3 aromatic heterocycles. The zero-order chi connectivity index (χ0) is 23.7. The van der Waals surface area contributed by atoms with E-state index in [0.717, 1.165) is 57.0 Å². The number of aliphatic hydroxyl groups is 1. The van der Waals surface area contributed by atoms with Crippen molar-refractivity contribution in [3.8, 4) is 27.4 Å². The quantitative estimate of drug-likeness (QED) is 0.386. The number of piperidine rings is 1. The molecule has 1 unspecified atom stereocenters. The first-order chi connectivity index (χ1) is 16.5. The highest BCUT2D eigenvalue weighted by molar-refractivity contribution is 7.13. The number of anilines is 1. The number of aromatic amines is 1. The van der Waals surface area contributed by atoms with Crippen LogP contribution in [0, 0.1) is 0 Å². The standard InChI is InChI=1S/C25H27N5O3S/c1-15(31)25(32)30-8-5-18(6-9-30)33-22-4-3-16(12-21(22)26-2)20-14-29-23-19(20)11-17(13-28-23)24-27-7-10-34-24/h3-4,7,10-15,18,26,31H,5-6,8-9H2,1-2H3,(H,28,29). The average molecular weight is 478 g/mol. The van der Waals surface area contributed by atoms with E-state index < -0.39 is 6.10 Å². The fourth-order valence-electron chi connectivity index (χ4n) is 4.36. The second kappa shape index (κ2) is 9.44. The van der Waals surface area contributed by atoms with Crippen LogP contribution in [0.25, 0.3) is 32.7 Å². The number of hydrogen-bond acceptors (Lipinski definition) is 7. The van der Waals surface area contributed by atoms with Crippen LogP contribution in [0.5, 0.6) is 5.75 Å². The predicted octanol–water partition coefficient (Wildman–Crippen LogP) is 4.15. The van der Waals surface area contributed by atoms with E-state index in [1.54, 1.807) is 22.4 Å². The number of likely N-dealkylation sites (tertiary alicyclic amines) is 1. The fraction of sp³-hybridized carbons (Fsp3) is 0.320. The van der Waals surface area contributed by atoms with Crippen molar-refractivity contribution < 1.29 is 14.6 Å². The molecule has 9 heteroatoms. The largest absolute Gasteiger partial charge is 0.488 e. The predicted molar refractivity (Wildman–Crippen MR) is 134 cm³/mol. The highest BCUT2D eigenvalue weighted by Crippen LogP contribution is 2.36. The summed E-state index contributed by atoms with van der Waals surface area (Å²) in [5, 5.41) is 16.7. The van der Waals surface area contributed by atoms with Crippen LogP contribution in [-0.2, 0) is 4.79 Å². The number of pyridine rings is 1. The van der Waals surface area contributed by atoms with E-state index >= 15 is 0 Å². The molecule has 4 aromatic rings. The molecule has 4 heterocycles. The van der Waals surface area contributed by atoms with E-state index in [1.165, 1.54) is 6.92 Å². The lowest BCUT2D eigenvalue weighted by Gasteiger charge is -2.33. The van der Waals surface area contributed by atoms with Crippen LogP contribution in [0.3, 0.4) is 0 Å². The molecule has 5 rings (SSSR count). The number of nitrogens with zero attached hydrogens (tertiary/aromatic N) is 3. The summed E-state index contributed by atoms with van der Waals surface area (Å²) in [5.74, 6) is 0.568. The minimum atomic E-state index is -0.960. The van der Waals surface area contributed by atoms with Crippen molar-refractivity contribution >= 4 is 34.0 Å². The molecule has 1 aliphatic rings. The second-order valence-corrected chi connectivity index (χ2v) is 9.33. The number of hydrogen-bond donors (Lipinski definition) is 3. The van der Waals surface area contributed by atoms with Crippen LogP contribution in [0.15, 0.2) is 48.2 Å². The molecule has 3 N–H and O–H groups in total. The molecule has 1 aliphatic heterocycles. The smallest absolute Gasteiger partial charge is 0.251 e. The highest BCUT2D eigenvalue weighted by Gasteiger charge is 2.26. The number of rotatable bonds is 6. The van der Waals surface area contributed by atoms with Crippen molar-refractivity contribution in [2.24, 2.45) is 0 Å². The van der Waals surface area contributed by atoms with Crippen molar-refractivity contribution in [3.63, 3.8) is 0 Å². The molecule has 1 amide bonds. The molecule has 0 aliphatic carbocycles. The van der Waals surface area contributed by atoms with Gasteiger partial charge in [-0.3, -0.25) is 4.79 Å². The van der Waals surface area contributed by atoms with Crippen LogP contribution in [0.2, 0.25) is 0 Å². The van der Waals surface area contributed by atoms with Crippen LogP contribution in [-0.4, -0.2) is 63.2 Å². The summed E-state index contributed by atoms with van der Waals surface area (Å²) >= 11 is 1.59. The molecule has 176 valence electrons. The summed E-state index contributed by atoms with van der Waals surface area (Å²) in [6.07, 6.45) is 6.15. The number of carbonyl (C=O) groups excluding carboxylic acids is 1. The molecule has 0 radical (unpaired) electrons. The van der Waals surface area contributed by atoms with Gasteiger partial charge in [0.1, 0.15) is 28.6 Å². The molecule has 0 spiro atoms. The molecular formula is C25H27N5O3S. The van der Waals surface area contributed by atoms with E-state index in [4.69, 9.17) is 4.74 Å². The number of H-pyrrole nitrogens is 1. The highest BCUT2D eigenvalue weighted by atomic mass is 32.1. The number of aliphatic hydroxyl groups excluding tert-OH is 1. The van der Waals surface area contributed by atoms with Gasteiger partial charge in [0.15, 0.2) is 0 Å². The van der Waals surface area contributed by atoms with E-state index in [9.17, 15) is 9.90 Å². The number of thiazole rings is 1. The molecule has 1 saturated heterocycles. The van der Waals surface area contributed by atoms with Crippen molar-refractivity contribution in [1.29, 1.82) is 0 Å². The lowest BCUT2D eigenvalue weighted by molar-refractivity contribution is -0.141. The molecule has 1 aromatic carbocycles. The van der Waals surface area contributed by atoms with Gasteiger partial charge in [-0.15, -0.1) is 11.3 Å². The Kier molecular flexibility index (Phi) is 6.21. The van der Waals surface area contributed by atoms with Crippen molar-refractivity contribution in [2.45, 2.75) is 32.0 Å². The average Bonchev–Trinajstić information content (AvgIpc) is 3.54. The Morgan fingerprint density at radius 1 is 1.26 bits per heavy atom. The third-order valence-corrected chi connectivity index (χ3v) is 7.00. The third kappa shape index (κ3) is 4.36. The summed E-state index contributed by atoms with van der Waals surface area (Å²) < 4.78 is 6.30. The molecule has 8 nitrogen and oxygen atoms in total. The third-order valence-electron chi connectivity index (χ3n) is 6.17. The van der Waals surface area contributed by atoms with Gasteiger partial charge in [0, 0.05) is 73.5 Å². The molecule has 0 saturated carbocycles. The fourth-order valence-corrected chi connectivity index (χ4v) is 4.98. The van der Waals surface area contributed by atoms with Gasteiger partial charge < -0.3 is 25.0 Å².